The van der Waals surface area contributed by atoms with Gasteiger partial charge in [0, 0.05) is 42.7 Å². The zero-order chi connectivity index (χ0) is 30.2. The Morgan fingerprint density at radius 1 is 1.02 bits per heavy atom. The first-order valence-corrected chi connectivity index (χ1v) is 13.2. The van der Waals surface area contributed by atoms with Crippen molar-refractivity contribution in [3.63, 3.8) is 0 Å². The lowest BCUT2D eigenvalue weighted by atomic mass is 9.84. The van der Waals surface area contributed by atoms with Crippen LogP contribution in [0.5, 0.6) is 11.5 Å². The maximum absolute atomic E-state index is 13.9. The molecule has 11 nitrogen and oxygen atoms in total. The number of aliphatic hydroxyl groups is 1. The highest BCUT2D eigenvalue weighted by Gasteiger charge is 2.71. The van der Waals surface area contributed by atoms with Crippen LogP contribution in [0.4, 0.5) is 10.5 Å². The van der Waals surface area contributed by atoms with Gasteiger partial charge in [-0.15, -0.1) is 23.2 Å². The molecule has 1 aliphatic heterocycles. The minimum Gasteiger partial charge on any atom is -0.493 e. The quantitative estimate of drug-likeness (QED) is 0.303. The number of hydrogen-bond donors (Lipinski definition) is 1. The lowest BCUT2D eigenvalue weighted by Crippen LogP contribution is -2.59. The standard InChI is InChI=1S/C26H31NO10.CH2Cl2/c1-24(2,3)37-23(30)27-10-9-13-11-16(32-4)20(33-5)18-17(13)15(27)12-14-19(18)25(31,22(29)34-6)26(35-7,36-8)21(14)28;2-1-3/h11-12,31H,9-10H2,1-8H3;1H2/t25-;/m1./s1. The van der Waals surface area contributed by atoms with Gasteiger partial charge in [-0.2, -0.15) is 0 Å². The fourth-order valence-corrected chi connectivity index (χ4v) is 5.27. The van der Waals surface area contributed by atoms with Gasteiger partial charge in [-0.3, -0.25) is 9.69 Å². The molecule has 2 aliphatic rings. The highest BCUT2D eigenvalue weighted by atomic mass is 35.5. The SMILES string of the molecule is COC(=O)[C@]1(O)c2c(cc3c4c(cc(OC)c(OC)c24)CCN3C(=O)OC(C)(C)C)C(=O)C1(OC)OC.ClCCl. The van der Waals surface area contributed by atoms with E-state index in [1.165, 1.54) is 25.2 Å². The fourth-order valence-electron chi connectivity index (χ4n) is 5.27. The van der Waals surface area contributed by atoms with E-state index in [1.54, 1.807) is 26.8 Å². The molecule has 4 rings (SSSR count). The number of halogens is 2. The van der Waals surface area contributed by atoms with Crippen molar-refractivity contribution in [3.05, 3.63) is 28.8 Å². The Balaban J connectivity index is 0.00000141. The average molecular weight is 602 g/mol. The van der Waals surface area contributed by atoms with E-state index in [9.17, 15) is 19.5 Å². The van der Waals surface area contributed by atoms with Crippen LogP contribution in [0, 0.1) is 0 Å². The summed E-state index contributed by atoms with van der Waals surface area (Å²) in [4.78, 5) is 41.7. The first-order valence-electron chi connectivity index (χ1n) is 12.1. The van der Waals surface area contributed by atoms with Gasteiger partial charge in [0.1, 0.15) is 5.60 Å². The van der Waals surface area contributed by atoms with Crippen molar-refractivity contribution >= 4 is 57.5 Å². The number of alkyl halides is 2. The molecule has 40 heavy (non-hydrogen) atoms. The van der Waals surface area contributed by atoms with Crippen molar-refractivity contribution in [2.75, 3.05) is 52.3 Å². The summed E-state index contributed by atoms with van der Waals surface area (Å²) in [5, 5.41) is 12.9. The normalized spacial score (nSPS) is 19.0. The average Bonchev–Trinajstić information content (AvgIpc) is 3.10. The smallest absolute Gasteiger partial charge is 0.414 e. The molecule has 2 aromatic rings. The Bertz CT molecular complexity index is 1340. The van der Waals surface area contributed by atoms with Crippen molar-refractivity contribution in [1.29, 1.82) is 0 Å². The Morgan fingerprint density at radius 2 is 1.62 bits per heavy atom. The number of carbonyl (C=O) groups excluding carboxylic acids is 3. The first-order chi connectivity index (χ1) is 18.8. The second-order valence-corrected chi connectivity index (χ2v) is 10.7. The number of anilines is 1. The van der Waals surface area contributed by atoms with E-state index in [-0.39, 0.29) is 34.1 Å². The van der Waals surface area contributed by atoms with Crippen LogP contribution in [0.1, 0.15) is 42.3 Å². The second kappa shape index (κ2) is 11.6. The summed E-state index contributed by atoms with van der Waals surface area (Å²) in [6.45, 7) is 5.50. The predicted octanol–water partition coefficient (Wildman–Crippen LogP) is 4.12. The zero-order valence-electron chi connectivity index (χ0n) is 23.6. The molecule has 0 unspecified atom stereocenters. The number of fused-ring (bicyclic) bond motifs is 2. The van der Waals surface area contributed by atoms with Gasteiger partial charge in [0.25, 0.3) is 11.4 Å². The van der Waals surface area contributed by atoms with E-state index in [4.69, 9.17) is 51.6 Å². The molecule has 0 fully saturated rings. The number of methoxy groups -OCH3 is 5. The van der Waals surface area contributed by atoms with Crippen molar-refractivity contribution in [2.24, 2.45) is 0 Å². The van der Waals surface area contributed by atoms with Crippen molar-refractivity contribution in [1.82, 2.24) is 0 Å². The van der Waals surface area contributed by atoms with Crippen molar-refractivity contribution < 1.29 is 47.9 Å². The molecule has 2 aromatic carbocycles. The van der Waals surface area contributed by atoms with Crippen LogP contribution in [0.25, 0.3) is 10.8 Å². The van der Waals surface area contributed by atoms with Gasteiger partial charge in [0.05, 0.1) is 32.4 Å². The number of ketones is 1. The molecule has 1 atom stereocenters. The monoisotopic (exact) mass is 601 g/mol. The summed E-state index contributed by atoms with van der Waals surface area (Å²) in [6, 6.07) is 3.20. The molecule has 13 heteroatoms. The zero-order valence-corrected chi connectivity index (χ0v) is 25.1. The van der Waals surface area contributed by atoms with Crippen LogP contribution in [0.2, 0.25) is 0 Å². The van der Waals surface area contributed by atoms with Crippen LogP contribution in [0.15, 0.2) is 12.1 Å². The molecule has 0 aromatic heterocycles. The number of carbonyl (C=O) groups is 3. The molecule has 0 radical (unpaired) electrons. The molecular formula is C27H33Cl2NO10. The number of rotatable bonds is 5. The van der Waals surface area contributed by atoms with Gasteiger partial charge in [-0.1, -0.05) is 0 Å². The van der Waals surface area contributed by atoms with E-state index in [0.29, 0.717) is 23.2 Å². The third-order valence-electron chi connectivity index (χ3n) is 6.75. The molecule has 220 valence electrons. The Labute approximate surface area is 242 Å². The Morgan fingerprint density at radius 3 is 2.10 bits per heavy atom. The largest absolute Gasteiger partial charge is 0.493 e. The van der Waals surface area contributed by atoms with Gasteiger partial charge in [-0.05, 0) is 44.9 Å². The number of ether oxygens (including phenoxy) is 6. The van der Waals surface area contributed by atoms with E-state index < -0.39 is 34.8 Å². The van der Waals surface area contributed by atoms with E-state index >= 15 is 0 Å². The maximum atomic E-state index is 13.9. The van der Waals surface area contributed by atoms with Gasteiger partial charge in [0.15, 0.2) is 11.5 Å². The lowest BCUT2D eigenvalue weighted by molar-refractivity contribution is -0.267. The molecule has 1 amide bonds. The molecule has 0 bridgehead atoms. The van der Waals surface area contributed by atoms with Crippen LogP contribution in [0.3, 0.4) is 0 Å². The van der Waals surface area contributed by atoms with Crippen molar-refractivity contribution in [3.8, 4) is 11.5 Å². The number of amides is 1. The summed E-state index contributed by atoms with van der Waals surface area (Å²) >= 11 is 9.53. The third kappa shape index (κ3) is 4.63. The second-order valence-electron chi connectivity index (χ2n) is 9.88. The van der Waals surface area contributed by atoms with Crippen LogP contribution >= 0.6 is 23.2 Å². The third-order valence-corrected chi connectivity index (χ3v) is 6.75. The summed E-state index contributed by atoms with van der Waals surface area (Å²) in [7, 11) is 6.19. The Hall–Kier alpha value is -2.83. The van der Waals surface area contributed by atoms with E-state index in [2.05, 4.69) is 0 Å². The molecular weight excluding hydrogens is 569 g/mol. The topological polar surface area (TPSA) is 130 Å². The number of benzene rings is 2. The molecule has 0 spiro atoms. The van der Waals surface area contributed by atoms with Crippen LogP contribution in [-0.2, 0) is 35.8 Å². The molecule has 1 aliphatic carbocycles. The van der Waals surface area contributed by atoms with Crippen LogP contribution in [-0.4, -0.2) is 81.8 Å². The van der Waals surface area contributed by atoms with Gasteiger partial charge in [0.2, 0.25) is 5.78 Å². The van der Waals surface area contributed by atoms with E-state index in [1.807, 2.05) is 0 Å². The highest BCUT2D eigenvalue weighted by molar-refractivity contribution is 6.40. The number of hydrogen-bond acceptors (Lipinski definition) is 10. The summed E-state index contributed by atoms with van der Waals surface area (Å²) in [5.41, 5.74) is -2.64. The summed E-state index contributed by atoms with van der Waals surface area (Å²) in [6.07, 6.45) is -0.223. The molecule has 1 N–H and O–H groups in total. The van der Waals surface area contributed by atoms with Crippen LogP contribution < -0.4 is 14.4 Å². The molecule has 0 saturated carbocycles. The summed E-state index contributed by atoms with van der Waals surface area (Å²) < 4.78 is 32.7. The number of nitrogens with zero attached hydrogens (tertiary/aromatic N) is 1. The molecule has 1 heterocycles. The summed E-state index contributed by atoms with van der Waals surface area (Å²) in [5.74, 6) is -4.03. The maximum Gasteiger partial charge on any atom is 0.414 e. The number of esters is 1. The van der Waals surface area contributed by atoms with Gasteiger partial charge < -0.3 is 33.5 Å². The fraction of sp³-hybridized carbons (Fsp3) is 0.519. The Kier molecular flexibility index (Phi) is 9.17. The van der Waals surface area contributed by atoms with Crippen molar-refractivity contribution in [2.45, 2.75) is 44.2 Å². The minimum atomic E-state index is -2.72. The minimum absolute atomic E-state index is 0.105. The predicted molar refractivity (Wildman–Crippen MR) is 148 cm³/mol. The first kappa shape index (κ1) is 31.7. The number of Topliss-reactive ketones (excluding diaryl/α,β-unsaturated/α-hetero) is 1. The highest BCUT2D eigenvalue weighted by Crippen LogP contribution is 2.56. The lowest BCUT2D eigenvalue weighted by Gasteiger charge is -2.37. The molecule has 0 saturated heterocycles. The van der Waals surface area contributed by atoms with Gasteiger partial charge in [-0.25, -0.2) is 9.59 Å². The van der Waals surface area contributed by atoms with E-state index in [0.717, 1.165) is 26.9 Å². The van der Waals surface area contributed by atoms with Gasteiger partial charge >= 0.3 is 12.1 Å².